The molecule has 3 heterocycles. The molecule has 4 rings (SSSR count). The van der Waals surface area contributed by atoms with E-state index in [1.807, 2.05) is 43.0 Å². The maximum absolute atomic E-state index is 13.4. The molecule has 26 heavy (non-hydrogen) atoms. The van der Waals surface area contributed by atoms with Crippen LogP contribution >= 0.6 is 11.3 Å². The van der Waals surface area contributed by atoms with E-state index in [1.54, 1.807) is 11.3 Å². The van der Waals surface area contributed by atoms with Crippen LogP contribution in [0.25, 0.3) is 10.2 Å². The van der Waals surface area contributed by atoms with Gasteiger partial charge >= 0.3 is 0 Å². The van der Waals surface area contributed by atoms with Crippen LogP contribution in [0.2, 0.25) is 0 Å². The topological polar surface area (TPSA) is 34.5 Å². The Balaban J connectivity index is 1.76. The van der Waals surface area contributed by atoms with Crippen molar-refractivity contribution in [3.63, 3.8) is 0 Å². The third kappa shape index (κ3) is 3.06. The van der Waals surface area contributed by atoms with Gasteiger partial charge in [0.05, 0.1) is 18.2 Å². The Morgan fingerprint density at radius 1 is 1.15 bits per heavy atom. The van der Waals surface area contributed by atoms with E-state index in [4.69, 9.17) is 4.74 Å². The lowest BCUT2D eigenvalue weighted by Crippen LogP contribution is -2.48. The SMILES string of the molecule is CC1CN(C(=O)c2cc3ccsc3n2C(C)c2ccccc2)CC(C)O1. The fourth-order valence-corrected chi connectivity index (χ4v) is 4.86. The highest BCUT2D eigenvalue weighted by atomic mass is 32.1. The van der Waals surface area contributed by atoms with Crippen LogP contribution in [0.1, 0.15) is 42.9 Å². The summed E-state index contributed by atoms with van der Waals surface area (Å²) in [4.78, 5) is 16.5. The Kier molecular flexibility index (Phi) is 4.59. The number of fused-ring (bicyclic) bond motifs is 1. The number of aromatic nitrogens is 1. The molecular weight excluding hydrogens is 344 g/mol. The van der Waals surface area contributed by atoms with Crippen LogP contribution in [0.5, 0.6) is 0 Å². The largest absolute Gasteiger partial charge is 0.372 e. The molecule has 0 aliphatic carbocycles. The summed E-state index contributed by atoms with van der Waals surface area (Å²) < 4.78 is 7.99. The number of morpholine rings is 1. The molecule has 1 amide bonds. The molecule has 1 aliphatic rings. The standard InChI is InChI=1S/C21H24N2O2S/c1-14-12-22(13-15(2)25-14)20(24)19-11-18-9-10-26-21(18)23(19)16(3)17-7-5-4-6-8-17/h4-11,14-16H,12-13H2,1-3H3. The van der Waals surface area contributed by atoms with Gasteiger partial charge in [-0.05, 0) is 43.8 Å². The van der Waals surface area contributed by atoms with Crippen molar-refractivity contribution in [2.45, 2.75) is 39.0 Å². The number of rotatable bonds is 3. The van der Waals surface area contributed by atoms with Crippen LogP contribution < -0.4 is 0 Å². The lowest BCUT2D eigenvalue weighted by molar-refractivity contribution is -0.0588. The zero-order chi connectivity index (χ0) is 18.3. The van der Waals surface area contributed by atoms with Gasteiger partial charge in [-0.25, -0.2) is 0 Å². The predicted molar refractivity (Wildman–Crippen MR) is 106 cm³/mol. The molecule has 3 atom stereocenters. The summed E-state index contributed by atoms with van der Waals surface area (Å²) in [5.74, 6) is 0.0955. The van der Waals surface area contributed by atoms with Crippen LogP contribution in [-0.4, -0.2) is 40.7 Å². The predicted octanol–water partition coefficient (Wildman–Crippen LogP) is 4.56. The molecule has 1 fully saturated rings. The van der Waals surface area contributed by atoms with Gasteiger partial charge in [0.25, 0.3) is 5.91 Å². The minimum atomic E-state index is 0.0683. The first kappa shape index (κ1) is 17.3. The van der Waals surface area contributed by atoms with E-state index in [9.17, 15) is 4.79 Å². The highest BCUT2D eigenvalue weighted by molar-refractivity contribution is 7.16. The molecule has 0 bridgehead atoms. The molecule has 0 saturated carbocycles. The Morgan fingerprint density at radius 3 is 2.54 bits per heavy atom. The molecule has 5 heteroatoms. The molecule has 1 aliphatic heterocycles. The van der Waals surface area contributed by atoms with Crippen LogP contribution in [0.3, 0.4) is 0 Å². The molecule has 136 valence electrons. The number of carbonyl (C=O) groups is 1. The smallest absolute Gasteiger partial charge is 0.270 e. The molecule has 3 aromatic rings. The third-order valence-electron chi connectivity index (χ3n) is 5.04. The van der Waals surface area contributed by atoms with E-state index in [1.165, 1.54) is 5.56 Å². The van der Waals surface area contributed by atoms with Crippen molar-refractivity contribution in [3.05, 3.63) is 59.1 Å². The van der Waals surface area contributed by atoms with Crippen molar-refractivity contribution in [1.29, 1.82) is 0 Å². The number of amides is 1. The van der Waals surface area contributed by atoms with Crippen molar-refractivity contribution < 1.29 is 9.53 Å². The maximum Gasteiger partial charge on any atom is 0.270 e. The molecule has 3 unspecified atom stereocenters. The van der Waals surface area contributed by atoms with Gasteiger partial charge in [-0.1, -0.05) is 30.3 Å². The quantitative estimate of drug-likeness (QED) is 0.679. The first-order valence-electron chi connectivity index (χ1n) is 9.12. The maximum atomic E-state index is 13.4. The molecule has 2 aromatic heterocycles. The summed E-state index contributed by atoms with van der Waals surface area (Å²) in [6.45, 7) is 7.50. The van der Waals surface area contributed by atoms with Crippen molar-refractivity contribution in [2.24, 2.45) is 0 Å². The summed E-state index contributed by atoms with van der Waals surface area (Å²) in [6.07, 6.45) is 0.137. The van der Waals surface area contributed by atoms with Crippen molar-refractivity contribution in [3.8, 4) is 0 Å². The number of hydrogen-bond donors (Lipinski definition) is 0. The molecule has 0 spiro atoms. The van der Waals surface area contributed by atoms with E-state index in [2.05, 4.69) is 35.1 Å². The molecule has 0 radical (unpaired) electrons. The van der Waals surface area contributed by atoms with Gasteiger partial charge in [0, 0.05) is 18.5 Å². The van der Waals surface area contributed by atoms with Crippen LogP contribution in [0.15, 0.2) is 47.8 Å². The van der Waals surface area contributed by atoms with Crippen LogP contribution in [0.4, 0.5) is 0 Å². The normalized spacial score (nSPS) is 21.9. The molecular formula is C21H24N2O2S. The fourth-order valence-electron chi connectivity index (χ4n) is 3.88. The van der Waals surface area contributed by atoms with Gasteiger partial charge in [0.1, 0.15) is 10.5 Å². The van der Waals surface area contributed by atoms with Gasteiger partial charge in [0.15, 0.2) is 0 Å². The van der Waals surface area contributed by atoms with E-state index < -0.39 is 0 Å². The number of ether oxygens (including phenoxy) is 1. The van der Waals surface area contributed by atoms with E-state index in [0.29, 0.717) is 13.1 Å². The second kappa shape index (κ2) is 6.89. The van der Waals surface area contributed by atoms with Gasteiger partial charge < -0.3 is 14.2 Å². The first-order valence-corrected chi connectivity index (χ1v) is 10.0. The average molecular weight is 369 g/mol. The number of benzene rings is 1. The zero-order valence-electron chi connectivity index (χ0n) is 15.4. The van der Waals surface area contributed by atoms with E-state index in [0.717, 1.165) is 15.9 Å². The van der Waals surface area contributed by atoms with Crippen LogP contribution in [0, 0.1) is 0 Å². The van der Waals surface area contributed by atoms with Gasteiger partial charge in [-0.15, -0.1) is 11.3 Å². The summed E-state index contributed by atoms with van der Waals surface area (Å²) in [5.41, 5.74) is 1.97. The molecule has 1 saturated heterocycles. The lowest BCUT2D eigenvalue weighted by atomic mass is 10.1. The Hall–Kier alpha value is -2.11. The summed E-state index contributed by atoms with van der Waals surface area (Å²) in [6, 6.07) is 14.6. The van der Waals surface area contributed by atoms with Crippen molar-refractivity contribution in [1.82, 2.24) is 9.47 Å². The zero-order valence-corrected chi connectivity index (χ0v) is 16.2. The number of thiophene rings is 1. The Labute approximate surface area is 158 Å². The first-order chi connectivity index (χ1) is 12.5. The highest BCUT2D eigenvalue weighted by Gasteiger charge is 2.30. The molecule has 0 N–H and O–H groups in total. The lowest BCUT2D eigenvalue weighted by Gasteiger charge is -2.35. The minimum absolute atomic E-state index is 0.0683. The van der Waals surface area contributed by atoms with Crippen molar-refractivity contribution in [2.75, 3.05) is 13.1 Å². The second-order valence-corrected chi connectivity index (χ2v) is 8.03. The number of hydrogen-bond acceptors (Lipinski definition) is 3. The van der Waals surface area contributed by atoms with Crippen LogP contribution in [-0.2, 0) is 4.74 Å². The second-order valence-electron chi connectivity index (χ2n) is 7.13. The average Bonchev–Trinajstić information content (AvgIpc) is 3.21. The molecule has 1 aromatic carbocycles. The summed E-state index contributed by atoms with van der Waals surface area (Å²) >= 11 is 1.69. The van der Waals surface area contributed by atoms with Gasteiger partial charge in [-0.2, -0.15) is 0 Å². The number of carbonyl (C=O) groups excluding carboxylic acids is 1. The minimum Gasteiger partial charge on any atom is -0.372 e. The Morgan fingerprint density at radius 2 is 1.85 bits per heavy atom. The van der Waals surface area contributed by atoms with E-state index in [-0.39, 0.29) is 24.2 Å². The monoisotopic (exact) mass is 368 g/mol. The van der Waals surface area contributed by atoms with E-state index >= 15 is 0 Å². The highest BCUT2D eigenvalue weighted by Crippen LogP contribution is 2.32. The van der Waals surface area contributed by atoms with Crippen molar-refractivity contribution >= 4 is 27.5 Å². The Bertz CT molecular complexity index is 905. The number of nitrogens with zero attached hydrogens (tertiary/aromatic N) is 2. The summed E-state index contributed by atoms with van der Waals surface area (Å²) in [5, 5.41) is 3.22. The molecule has 4 nitrogen and oxygen atoms in total. The van der Waals surface area contributed by atoms with Gasteiger partial charge in [0.2, 0.25) is 0 Å². The van der Waals surface area contributed by atoms with Gasteiger partial charge in [-0.3, -0.25) is 4.79 Å². The summed E-state index contributed by atoms with van der Waals surface area (Å²) in [7, 11) is 0. The fraction of sp³-hybridized carbons (Fsp3) is 0.381. The third-order valence-corrected chi connectivity index (χ3v) is 5.97.